The van der Waals surface area contributed by atoms with Crippen LogP contribution in [0.25, 0.3) is 21.7 Å². The molecule has 0 saturated carbocycles. The fourth-order valence-electron chi connectivity index (χ4n) is 8.87. The van der Waals surface area contributed by atoms with Crippen LogP contribution in [0.15, 0.2) is 72.4 Å². The Morgan fingerprint density at radius 1 is 0.779 bits per heavy atom. The fourth-order valence-corrected chi connectivity index (χ4v) is 10.0. The summed E-state index contributed by atoms with van der Waals surface area (Å²) in [5.41, 5.74) is 7.44. The van der Waals surface area contributed by atoms with Crippen LogP contribution < -0.4 is 20.7 Å². The molecule has 3 atom stereocenters. The zero-order valence-electron chi connectivity index (χ0n) is 44.3. The summed E-state index contributed by atoms with van der Waals surface area (Å²) in [6.07, 6.45) is 3.54. The minimum Gasteiger partial charge on any atom is -0.491 e. The lowest BCUT2D eigenvalue weighted by atomic mass is 9.85. The van der Waals surface area contributed by atoms with E-state index < -0.39 is 29.5 Å². The highest BCUT2D eigenvalue weighted by Gasteiger charge is 2.44. The Morgan fingerprint density at radius 2 is 1.43 bits per heavy atom. The van der Waals surface area contributed by atoms with Crippen molar-refractivity contribution in [2.75, 3.05) is 79.2 Å². The first kappa shape index (κ1) is 59.2. The molecule has 4 N–H and O–H groups in total. The minimum atomic E-state index is -0.936. The summed E-state index contributed by atoms with van der Waals surface area (Å²) in [6, 6.07) is 17.1. The van der Waals surface area contributed by atoms with E-state index in [1.165, 1.54) is 4.90 Å². The average Bonchev–Trinajstić information content (AvgIpc) is 4.23. The summed E-state index contributed by atoms with van der Waals surface area (Å²) in [5.74, 6) is 0.398. The Balaban J connectivity index is 0.707. The third kappa shape index (κ3) is 18.0. The summed E-state index contributed by atoms with van der Waals surface area (Å²) >= 11 is 13.8. The number of nitrogens with one attached hydrogen (secondary N) is 3. The Bertz CT molecular complexity index is 2710. The molecule has 18 nitrogen and oxygen atoms in total. The van der Waals surface area contributed by atoms with Crippen molar-refractivity contribution < 1.29 is 52.7 Å². The topological polar surface area (TPSA) is 214 Å². The molecule has 0 bridgehead atoms. The Morgan fingerprint density at radius 3 is 2.06 bits per heavy atom. The van der Waals surface area contributed by atoms with E-state index in [0.29, 0.717) is 75.3 Å². The molecule has 2 aromatic heterocycles. The first-order valence-corrected chi connectivity index (χ1v) is 27.7. The van der Waals surface area contributed by atoms with Crippen molar-refractivity contribution in [3.8, 4) is 27.4 Å². The predicted octanol–water partition coefficient (Wildman–Crippen LogP) is 6.75. The predicted molar refractivity (Wildman–Crippen MR) is 294 cm³/mol. The molecule has 7 rings (SSSR count). The van der Waals surface area contributed by atoms with E-state index in [0.717, 1.165) is 69.3 Å². The molecule has 5 aromatic rings. The van der Waals surface area contributed by atoms with Gasteiger partial charge in [0, 0.05) is 62.8 Å². The smallest absolute Gasteiger partial charge is 0.246 e. The molecule has 21 heteroatoms. The summed E-state index contributed by atoms with van der Waals surface area (Å²) in [4.78, 5) is 65.0. The number of carbonyl (C=O) groups excluding carboxylic acids is 4. The highest BCUT2D eigenvalue weighted by Crippen LogP contribution is 2.31. The number of hydrogen-bond donors (Lipinski definition) is 4. The van der Waals surface area contributed by atoms with Crippen molar-refractivity contribution in [3.63, 3.8) is 0 Å². The molecule has 4 heterocycles. The quantitative estimate of drug-likeness (QED) is 0.0351. The number of rotatable bonds is 30. The number of aliphatic hydroxyl groups excluding tert-OH is 1. The molecule has 1 saturated heterocycles. The lowest BCUT2D eigenvalue weighted by Crippen LogP contribution is -2.57. The van der Waals surface area contributed by atoms with Crippen molar-refractivity contribution >= 4 is 58.2 Å². The van der Waals surface area contributed by atoms with Gasteiger partial charge in [-0.15, -0.1) is 11.3 Å². The largest absolute Gasteiger partial charge is 0.491 e. The molecule has 1 fully saturated rings. The Kier molecular flexibility index (Phi) is 22.7. The van der Waals surface area contributed by atoms with Crippen molar-refractivity contribution in [1.29, 1.82) is 0 Å². The van der Waals surface area contributed by atoms with Gasteiger partial charge >= 0.3 is 0 Å². The standard InChI is InChI=1S/C56H71Cl2N7O11S/c1-37-52(77-36-61-37)40-10-7-38(8-11-40)32-60-54(69)47-31-43(66)34-65(47)55(70)53(56(2,3)4)63-50(67)15-17-71-18-19-72-20-21-73-22-23-74-24-25-75-26-27-76-48-14-12-41(46-35-64-16-5-6-49(64)62-46)30-42(48)33-59-51(68)29-39-9-13-44(57)45(58)28-39/h7-14,28,30,35-36,43,47,53,66H,5-6,15-27,29,31-34H2,1-4H3,(H,59,68)(H,60,69)(H,63,67)/t43-,47+,53-/m1/s1. The average molecular weight is 1120 g/mol. The van der Waals surface area contributed by atoms with Gasteiger partial charge in [0.25, 0.3) is 0 Å². The van der Waals surface area contributed by atoms with Crippen LogP contribution in [0.5, 0.6) is 5.75 Å². The number of aliphatic hydroxyl groups is 1. The van der Waals surface area contributed by atoms with Crippen LogP contribution >= 0.6 is 34.5 Å². The second-order valence-corrected chi connectivity index (χ2v) is 21.6. The van der Waals surface area contributed by atoms with E-state index in [9.17, 15) is 24.3 Å². The molecular formula is C56H71Cl2N7O11S. The number of benzene rings is 3. The third-order valence-electron chi connectivity index (χ3n) is 13.0. The molecule has 0 radical (unpaired) electrons. The third-order valence-corrected chi connectivity index (χ3v) is 14.7. The van der Waals surface area contributed by atoms with Gasteiger partial charge in [-0.05, 0) is 65.8 Å². The molecule has 77 heavy (non-hydrogen) atoms. The van der Waals surface area contributed by atoms with Gasteiger partial charge in [0.15, 0.2) is 0 Å². The van der Waals surface area contributed by atoms with Crippen LogP contribution in [0.4, 0.5) is 0 Å². The van der Waals surface area contributed by atoms with E-state index in [1.807, 2.05) is 75.7 Å². The van der Waals surface area contributed by atoms with E-state index in [1.54, 1.807) is 29.5 Å². The maximum Gasteiger partial charge on any atom is 0.246 e. The van der Waals surface area contributed by atoms with Gasteiger partial charge in [0.05, 0.1) is 110 Å². The van der Waals surface area contributed by atoms with E-state index in [2.05, 4.69) is 31.7 Å². The molecule has 0 spiro atoms. The van der Waals surface area contributed by atoms with E-state index in [4.69, 9.17) is 56.6 Å². The van der Waals surface area contributed by atoms with Gasteiger partial charge in [0.2, 0.25) is 23.6 Å². The van der Waals surface area contributed by atoms with Gasteiger partial charge in [0.1, 0.15) is 30.3 Å². The van der Waals surface area contributed by atoms with Gasteiger partial charge in [-0.1, -0.05) is 74.3 Å². The van der Waals surface area contributed by atoms with E-state index in [-0.39, 0.29) is 69.8 Å². The summed E-state index contributed by atoms with van der Waals surface area (Å²) in [7, 11) is 0. The van der Waals surface area contributed by atoms with Gasteiger partial charge < -0.3 is 58.9 Å². The van der Waals surface area contributed by atoms with Gasteiger partial charge in [-0.2, -0.15) is 0 Å². The number of ether oxygens (including phenoxy) is 6. The number of thiazole rings is 1. The van der Waals surface area contributed by atoms with Gasteiger partial charge in [-0.3, -0.25) is 19.2 Å². The molecule has 3 aromatic carbocycles. The molecule has 416 valence electrons. The number of nitrogens with zero attached hydrogens (tertiary/aromatic N) is 4. The van der Waals surface area contributed by atoms with Crippen molar-refractivity contribution in [3.05, 3.63) is 111 Å². The number of aryl methyl sites for hydroxylation is 3. The minimum absolute atomic E-state index is 0.00979. The maximum absolute atomic E-state index is 14.0. The second kappa shape index (κ2) is 29.5. The molecular weight excluding hydrogens is 1050 g/mol. The number of imidazole rings is 1. The lowest BCUT2D eigenvalue weighted by molar-refractivity contribution is -0.144. The summed E-state index contributed by atoms with van der Waals surface area (Å²) < 4.78 is 36.5. The van der Waals surface area contributed by atoms with Crippen molar-refractivity contribution in [2.45, 2.75) is 97.6 Å². The summed E-state index contributed by atoms with van der Waals surface area (Å²) in [6.45, 7) is 12.6. The van der Waals surface area contributed by atoms with Crippen LogP contribution in [0, 0.1) is 12.3 Å². The maximum atomic E-state index is 14.0. The molecule has 2 aliphatic heterocycles. The molecule has 4 amide bonds. The van der Waals surface area contributed by atoms with Crippen LogP contribution in [0.2, 0.25) is 10.0 Å². The van der Waals surface area contributed by atoms with Gasteiger partial charge in [-0.25, -0.2) is 9.97 Å². The van der Waals surface area contributed by atoms with E-state index >= 15 is 0 Å². The Labute approximate surface area is 464 Å². The number of aromatic nitrogens is 3. The normalized spacial score (nSPS) is 15.6. The number of halogens is 2. The first-order valence-electron chi connectivity index (χ1n) is 26.1. The number of fused-ring (bicyclic) bond motifs is 1. The van der Waals surface area contributed by atoms with Crippen molar-refractivity contribution in [2.24, 2.45) is 5.41 Å². The number of β-amino-alcohol motifs (C(OH)–C–C–N with tert-alkyl or cyclic N) is 1. The van der Waals surface area contributed by atoms with Crippen LogP contribution in [-0.4, -0.2) is 146 Å². The fraction of sp³-hybridized carbons (Fsp3) is 0.500. The van der Waals surface area contributed by atoms with Crippen LogP contribution in [0.3, 0.4) is 0 Å². The number of likely N-dealkylation sites (tertiary alicyclic amines) is 1. The lowest BCUT2D eigenvalue weighted by Gasteiger charge is -2.35. The zero-order valence-corrected chi connectivity index (χ0v) is 46.6. The first-order chi connectivity index (χ1) is 37.1. The number of amides is 4. The second-order valence-electron chi connectivity index (χ2n) is 20.0. The number of carbonyl (C=O) groups is 4. The van der Waals surface area contributed by atoms with Crippen LogP contribution in [0.1, 0.15) is 68.2 Å². The highest BCUT2D eigenvalue weighted by molar-refractivity contribution is 7.13. The van der Waals surface area contributed by atoms with Crippen molar-refractivity contribution in [1.82, 2.24) is 35.4 Å². The summed E-state index contributed by atoms with van der Waals surface area (Å²) in [5, 5.41) is 20.2. The highest BCUT2D eigenvalue weighted by atomic mass is 35.5. The monoisotopic (exact) mass is 1120 g/mol. The molecule has 0 aliphatic carbocycles. The Hall–Kier alpha value is -5.48. The van der Waals surface area contributed by atoms with Crippen LogP contribution in [-0.2, 0) is 75.3 Å². The zero-order chi connectivity index (χ0) is 54.7. The molecule has 0 unspecified atom stereocenters. The number of hydrogen-bond acceptors (Lipinski definition) is 14. The molecule has 2 aliphatic rings. The SMILES string of the molecule is Cc1ncsc1-c1ccc(CNC(=O)[C@@H]2C[C@@H](O)CN2C(=O)[C@@H](NC(=O)CCOCCOCCOCCOCCOCCOc2ccc(-c3cn4c(n3)CCC4)cc2CNC(=O)Cc2ccc(Cl)c(Cl)c2)C(C)(C)C)cc1.